The summed E-state index contributed by atoms with van der Waals surface area (Å²) in [6, 6.07) is 8.31. The lowest BCUT2D eigenvalue weighted by Crippen LogP contribution is -2.46. The van der Waals surface area contributed by atoms with Gasteiger partial charge in [-0.05, 0) is 43.7 Å². The Balaban J connectivity index is 1.83. The highest BCUT2D eigenvalue weighted by Gasteiger charge is 2.24. The third-order valence-electron chi connectivity index (χ3n) is 3.80. The van der Waals surface area contributed by atoms with Crippen molar-refractivity contribution in [2.45, 2.75) is 43.4 Å². The molecule has 116 valence electrons. The van der Waals surface area contributed by atoms with E-state index in [1.165, 1.54) is 4.90 Å². The molecule has 0 radical (unpaired) electrons. The molecule has 1 aliphatic rings. The summed E-state index contributed by atoms with van der Waals surface area (Å²) in [5, 5.41) is 3.02. The molecule has 21 heavy (non-hydrogen) atoms. The molecule has 0 aliphatic carbocycles. The van der Waals surface area contributed by atoms with Crippen LogP contribution in [0.15, 0.2) is 29.2 Å². The molecule has 0 saturated carbocycles. The van der Waals surface area contributed by atoms with Crippen LogP contribution in [0.25, 0.3) is 0 Å². The monoisotopic (exact) mass is 308 g/mol. The van der Waals surface area contributed by atoms with Crippen LogP contribution in [0.2, 0.25) is 0 Å². The first-order valence-corrected chi connectivity index (χ1v) is 8.59. The predicted octanol–water partition coefficient (Wildman–Crippen LogP) is 3.12. The number of benzene rings is 1. The van der Waals surface area contributed by atoms with Crippen LogP contribution >= 0.6 is 11.8 Å². The number of nitrogens with one attached hydrogen (secondary N) is 1. The first kappa shape index (κ1) is 16.2. The summed E-state index contributed by atoms with van der Waals surface area (Å²) in [4.78, 5) is 15.1. The number of hydrogen-bond donors (Lipinski definition) is 1. The first-order chi connectivity index (χ1) is 10.1. The lowest BCUT2D eigenvalue weighted by molar-refractivity contribution is 0.0838. The minimum atomic E-state index is -0.0491. The van der Waals surface area contributed by atoms with E-state index in [1.807, 2.05) is 14.0 Å². The zero-order valence-electron chi connectivity index (χ0n) is 13.0. The Morgan fingerprint density at radius 3 is 2.76 bits per heavy atom. The molecule has 0 aromatic heterocycles. The molecule has 2 unspecified atom stereocenters. The highest BCUT2D eigenvalue weighted by atomic mass is 32.2. The third-order valence-corrected chi connectivity index (χ3v) is 4.54. The summed E-state index contributed by atoms with van der Waals surface area (Å²) in [5.74, 6) is 0. The molecule has 5 heteroatoms. The maximum Gasteiger partial charge on any atom is 0.317 e. The van der Waals surface area contributed by atoms with Crippen LogP contribution < -0.4 is 5.32 Å². The molecule has 1 saturated heterocycles. The average Bonchev–Trinajstić information content (AvgIpc) is 3.02. The predicted molar refractivity (Wildman–Crippen MR) is 86.7 cm³/mol. The van der Waals surface area contributed by atoms with Gasteiger partial charge in [-0.1, -0.05) is 12.1 Å². The summed E-state index contributed by atoms with van der Waals surface area (Å²) < 4.78 is 5.60. The van der Waals surface area contributed by atoms with Gasteiger partial charge < -0.3 is 15.0 Å². The minimum absolute atomic E-state index is 0.0491. The van der Waals surface area contributed by atoms with Crippen molar-refractivity contribution in [2.75, 3.05) is 19.9 Å². The Bertz CT molecular complexity index is 458. The van der Waals surface area contributed by atoms with Gasteiger partial charge in [-0.15, -0.1) is 11.8 Å². The van der Waals surface area contributed by atoms with Crippen molar-refractivity contribution >= 4 is 17.8 Å². The van der Waals surface area contributed by atoms with Gasteiger partial charge in [0.25, 0.3) is 0 Å². The highest BCUT2D eigenvalue weighted by Crippen LogP contribution is 2.17. The number of thioether (sulfide) groups is 1. The summed E-state index contributed by atoms with van der Waals surface area (Å²) in [6.07, 6.45) is 4.33. The zero-order valence-corrected chi connectivity index (χ0v) is 13.8. The van der Waals surface area contributed by atoms with Gasteiger partial charge >= 0.3 is 6.03 Å². The van der Waals surface area contributed by atoms with Crippen LogP contribution in [0, 0.1) is 0 Å². The standard InChI is InChI=1S/C16H24N2O2S/c1-12(15-5-4-10-20-15)17-16(19)18(2)11-13-6-8-14(21-3)9-7-13/h6-9,12,15H,4-5,10-11H2,1-3H3,(H,17,19). The van der Waals surface area contributed by atoms with E-state index in [0.29, 0.717) is 6.54 Å². The van der Waals surface area contributed by atoms with Crippen LogP contribution in [0.3, 0.4) is 0 Å². The number of urea groups is 1. The van der Waals surface area contributed by atoms with E-state index in [4.69, 9.17) is 4.74 Å². The number of hydrogen-bond acceptors (Lipinski definition) is 3. The molecule has 2 amide bonds. The Morgan fingerprint density at radius 1 is 1.48 bits per heavy atom. The molecule has 1 aromatic carbocycles. The summed E-state index contributed by atoms with van der Waals surface area (Å²) >= 11 is 1.72. The maximum absolute atomic E-state index is 12.2. The van der Waals surface area contributed by atoms with Crippen LogP contribution in [-0.2, 0) is 11.3 Å². The van der Waals surface area contributed by atoms with Gasteiger partial charge in [0, 0.05) is 25.1 Å². The van der Waals surface area contributed by atoms with E-state index in [1.54, 1.807) is 16.7 Å². The Morgan fingerprint density at radius 2 is 2.19 bits per heavy atom. The molecule has 1 heterocycles. The van der Waals surface area contributed by atoms with Crippen molar-refractivity contribution in [2.24, 2.45) is 0 Å². The number of ether oxygens (including phenoxy) is 1. The quantitative estimate of drug-likeness (QED) is 0.850. The topological polar surface area (TPSA) is 41.6 Å². The van der Waals surface area contributed by atoms with Gasteiger partial charge in [-0.2, -0.15) is 0 Å². The maximum atomic E-state index is 12.2. The third kappa shape index (κ3) is 4.64. The summed E-state index contributed by atoms with van der Waals surface area (Å²) in [5.41, 5.74) is 1.13. The van der Waals surface area contributed by atoms with E-state index >= 15 is 0 Å². The molecule has 2 atom stereocenters. The largest absolute Gasteiger partial charge is 0.376 e. The molecule has 2 rings (SSSR count). The van der Waals surface area contributed by atoms with Gasteiger partial charge in [0.05, 0.1) is 12.1 Å². The number of nitrogens with zero attached hydrogens (tertiary/aromatic N) is 1. The SMILES string of the molecule is CSc1ccc(CN(C)C(=O)NC(C)C2CCCO2)cc1. The summed E-state index contributed by atoms with van der Waals surface area (Å²) in [7, 11) is 1.82. The van der Waals surface area contributed by atoms with Crippen molar-refractivity contribution in [3.05, 3.63) is 29.8 Å². The smallest absolute Gasteiger partial charge is 0.317 e. The summed E-state index contributed by atoms with van der Waals surface area (Å²) in [6.45, 7) is 3.43. The Hall–Kier alpha value is -1.20. The van der Waals surface area contributed by atoms with E-state index in [2.05, 4.69) is 35.8 Å². The Kier molecular flexibility index (Phi) is 5.94. The molecule has 4 nitrogen and oxygen atoms in total. The second-order valence-electron chi connectivity index (χ2n) is 5.49. The van der Waals surface area contributed by atoms with Gasteiger partial charge in [0.2, 0.25) is 0 Å². The van der Waals surface area contributed by atoms with Gasteiger partial charge in [-0.3, -0.25) is 0 Å². The lowest BCUT2D eigenvalue weighted by atomic mass is 10.1. The second kappa shape index (κ2) is 7.71. The molecule has 1 aromatic rings. The van der Waals surface area contributed by atoms with Crippen molar-refractivity contribution in [3.8, 4) is 0 Å². The van der Waals surface area contributed by atoms with E-state index < -0.39 is 0 Å². The molecular weight excluding hydrogens is 284 g/mol. The molecule has 0 bridgehead atoms. The molecule has 1 fully saturated rings. The van der Waals surface area contributed by atoms with Crippen LogP contribution in [0.4, 0.5) is 4.79 Å². The fourth-order valence-corrected chi connectivity index (χ4v) is 2.88. The van der Waals surface area contributed by atoms with E-state index in [0.717, 1.165) is 25.0 Å². The molecule has 1 N–H and O–H groups in total. The number of carbonyl (C=O) groups excluding carboxylic acids is 1. The van der Waals surface area contributed by atoms with Gasteiger partial charge in [0.1, 0.15) is 0 Å². The number of rotatable bonds is 5. The average molecular weight is 308 g/mol. The number of amides is 2. The number of carbonyl (C=O) groups is 1. The van der Waals surface area contributed by atoms with E-state index in [-0.39, 0.29) is 18.2 Å². The Labute approximate surface area is 131 Å². The molecule has 0 spiro atoms. The van der Waals surface area contributed by atoms with Crippen LogP contribution in [0.1, 0.15) is 25.3 Å². The minimum Gasteiger partial charge on any atom is -0.376 e. The van der Waals surface area contributed by atoms with E-state index in [9.17, 15) is 4.79 Å². The van der Waals surface area contributed by atoms with Gasteiger partial charge in [0.15, 0.2) is 0 Å². The fourth-order valence-electron chi connectivity index (χ4n) is 2.47. The fraction of sp³-hybridized carbons (Fsp3) is 0.562. The van der Waals surface area contributed by atoms with Crippen molar-refractivity contribution in [1.82, 2.24) is 10.2 Å². The molecular formula is C16H24N2O2S. The van der Waals surface area contributed by atoms with Crippen molar-refractivity contribution in [1.29, 1.82) is 0 Å². The highest BCUT2D eigenvalue weighted by molar-refractivity contribution is 7.98. The van der Waals surface area contributed by atoms with Gasteiger partial charge in [-0.25, -0.2) is 4.79 Å². The molecule has 1 aliphatic heterocycles. The second-order valence-corrected chi connectivity index (χ2v) is 6.37. The zero-order chi connectivity index (χ0) is 15.2. The normalized spacial score (nSPS) is 19.3. The van der Waals surface area contributed by atoms with Crippen LogP contribution in [0.5, 0.6) is 0 Å². The van der Waals surface area contributed by atoms with Crippen LogP contribution in [-0.4, -0.2) is 43.0 Å². The van der Waals surface area contributed by atoms with Crippen molar-refractivity contribution in [3.63, 3.8) is 0 Å². The first-order valence-electron chi connectivity index (χ1n) is 7.36. The van der Waals surface area contributed by atoms with Crippen molar-refractivity contribution < 1.29 is 9.53 Å². The lowest BCUT2D eigenvalue weighted by Gasteiger charge is -2.24.